The van der Waals surface area contributed by atoms with E-state index in [0.717, 1.165) is 12.8 Å². The van der Waals surface area contributed by atoms with Crippen molar-refractivity contribution < 1.29 is 23.1 Å². The first-order valence-corrected chi connectivity index (χ1v) is 10.1. The van der Waals surface area contributed by atoms with Gasteiger partial charge in [0.1, 0.15) is 5.92 Å². The summed E-state index contributed by atoms with van der Waals surface area (Å²) in [5.41, 5.74) is 1.33. The second-order valence-electron chi connectivity index (χ2n) is 6.79. The molecule has 0 aromatic heterocycles. The summed E-state index contributed by atoms with van der Waals surface area (Å²) in [5, 5.41) is 9.45. The van der Waals surface area contributed by atoms with E-state index in [4.69, 9.17) is 0 Å². The predicted molar refractivity (Wildman–Crippen MR) is 98.3 cm³/mol. The molecule has 8 heteroatoms. The molecule has 140 valence electrons. The Hall–Kier alpha value is -2.71. The molecule has 1 unspecified atom stereocenters. The molecule has 1 fully saturated rings. The molecule has 7 nitrogen and oxygen atoms in total. The summed E-state index contributed by atoms with van der Waals surface area (Å²) in [6, 6.07) is 12.7. The number of carboxylic acids is 1. The number of nitrogens with zero attached hydrogens (tertiary/aromatic N) is 1. The molecule has 1 heterocycles. The zero-order valence-corrected chi connectivity index (χ0v) is 15.1. The molecule has 2 aromatic rings. The topological polar surface area (TPSA) is 104 Å². The van der Waals surface area contributed by atoms with E-state index >= 15 is 0 Å². The van der Waals surface area contributed by atoms with Gasteiger partial charge in [0.25, 0.3) is 5.91 Å². The van der Waals surface area contributed by atoms with Gasteiger partial charge in [-0.1, -0.05) is 24.3 Å². The summed E-state index contributed by atoms with van der Waals surface area (Å²) in [7, 11) is -3.68. The van der Waals surface area contributed by atoms with Crippen LogP contribution >= 0.6 is 0 Å². The van der Waals surface area contributed by atoms with Crippen LogP contribution in [0.25, 0.3) is 0 Å². The highest BCUT2D eigenvalue weighted by Gasteiger charge is 2.37. The number of amides is 1. The Morgan fingerprint density at radius 1 is 1.07 bits per heavy atom. The molecule has 1 amide bonds. The van der Waals surface area contributed by atoms with Crippen LogP contribution in [0.4, 0.5) is 5.69 Å². The first-order valence-electron chi connectivity index (χ1n) is 8.63. The van der Waals surface area contributed by atoms with Crippen molar-refractivity contribution in [3.8, 4) is 0 Å². The van der Waals surface area contributed by atoms with Crippen molar-refractivity contribution in [3.05, 3.63) is 59.7 Å². The number of aliphatic carboxylic acids is 1. The number of carbonyl (C=O) groups excluding carboxylic acids is 1. The van der Waals surface area contributed by atoms with Gasteiger partial charge in [-0.05, 0) is 42.7 Å². The van der Waals surface area contributed by atoms with Crippen LogP contribution in [0.5, 0.6) is 0 Å². The quantitative estimate of drug-likeness (QED) is 0.817. The van der Waals surface area contributed by atoms with E-state index in [0.29, 0.717) is 11.3 Å². The van der Waals surface area contributed by atoms with Crippen molar-refractivity contribution in [2.45, 2.75) is 29.7 Å². The van der Waals surface area contributed by atoms with Crippen LogP contribution in [-0.4, -0.2) is 38.0 Å². The molecule has 2 aliphatic rings. The summed E-state index contributed by atoms with van der Waals surface area (Å²) in [4.78, 5) is 26.0. The molecule has 2 aromatic carbocycles. The van der Waals surface area contributed by atoms with Gasteiger partial charge in [-0.2, -0.15) is 0 Å². The monoisotopic (exact) mass is 386 g/mol. The van der Waals surface area contributed by atoms with Gasteiger partial charge in [0.2, 0.25) is 10.0 Å². The first-order chi connectivity index (χ1) is 12.9. The lowest BCUT2D eigenvalue weighted by molar-refractivity contribution is -0.138. The van der Waals surface area contributed by atoms with Gasteiger partial charge in [-0.3, -0.25) is 9.59 Å². The van der Waals surface area contributed by atoms with E-state index in [-0.39, 0.29) is 23.0 Å². The van der Waals surface area contributed by atoms with Crippen LogP contribution < -0.4 is 9.62 Å². The number of carbonyl (C=O) groups is 2. The van der Waals surface area contributed by atoms with E-state index < -0.39 is 27.8 Å². The fraction of sp³-hybridized carbons (Fsp3) is 0.263. The molecule has 1 aliphatic carbocycles. The smallest absolute Gasteiger partial charge is 0.312 e. The summed E-state index contributed by atoms with van der Waals surface area (Å²) in [5.74, 6) is -2.22. The van der Waals surface area contributed by atoms with E-state index in [9.17, 15) is 23.1 Å². The number of sulfonamides is 1. The number of hydrogen-bond donors (Lipinski definition) is 2. The minimum atomic E-state index is -3.68. The SMILES string of the molecule is O=C(O)C1CN(C(=O)c2cccc(S(=O)(=O)NC3CC3)c2)c2ccccc21. The summed E-state index contributed by atoms with van der Waals surface area (Å²) >= 11 is 0. The van der Waals surface area contributed by atoms with Gasteiger partial charge in [0.15, 0.2) is 0 Å². The number of nitrogens with one attached hydrogen (secondary N) is 1. The number of para-hydroxylation sites is 1. The molecule has 0 radical (unpaired) electrons. The third-order valence-corrected chi connectivity index (χ3v) is 6.32. The third-order valence-electron chi connectivity index (χ3n) is 4.80. The molecule has 0 bridgehead atoms. The van der Waals surface area contributed by atoms with Gasteiger partial charge in [0, 0.05) is 23.8 Å². The van der Waals surface area contributed by atoms with Crippen molar-refractivity contribution in [1.29, 1.82) is 0 Å². The van der Waals surface area contributed by atoms with Crippen molar-refractivity contribution in [1.82, 2.24) is 4.72 Å². The molecule has 0 spiro atoms. The van der Waals surface area contributed by atoms with Crippen molar-refractivity contribution in [2.75, 3.05) is 11.4 Å². The minimum Gasteiger partial charge on any atom is -0.481 e. The zero-order valence-electron chi connectivity index (χ0n) is 14.3. The Balaban J connectivity index is 1.66. The average Bonchev–Trinajstić information content (AvgIpc) is 3.36. The number of fused-ring (bicyclic) bond motifs is 1. The van der Waals surface area contributed by atoms with Gasteiger partial charge in [-0.25, -0.2) is 13.1 Å². The van der Waals surface area contributed by atoms with E-state index in [1.54, 1.807) is 24.3 Å². The van der Waals surface area contributed by atoms with Crippen LogP contribution in [0, 0.1) is 0 Å². The fourth-order valence-electron chi connectivity index (χ4n) is 3.25. The average molecular weight is 386 g/mol. The molecule has 2 N–H and O–H groups in total. The number of benzene rings is 2. The second-order valence-corrected chi connectivity index (χ2v) is 8.50. The maximum atomic E-state index is 13.0. The number of carboxylic acid groups (broad SMARTS) is 1. The van der Waals surface area contributed by atoms with Crippen LogP contribution in [-0.2, 0) is 14.8 Å². The Labute approximate surface area is 156 Å². The van der Waals surface area contributed by atoms with E-state index in [2.05, 4.69) is 4.72 Å². The molecule has 1 saturated carbocycles. The molecular formula is C19H18N2O5S. The lowest BCUT2D eigenvalue weighted by Gasteiger charge is -2.18. The van der Waals surface area contributed by atoms with Crippen LogP contribution in [0.3, 0.4) is 0 Å². The normalized spacial score (nSPS) is 19.0. The number of rotatable bonds is 5. The maximum absolute atomic E-state index is 13.0. The third kappa shape index (κ3) is 3.33. The molecule has 1 atom stereocenters. The van der Waals surface area contributed by atoms with Crippen LogP contribution in [0.2, 0.25) is 0 Å². The van der Waals surface area contributed by atoms with E-state index in [1.165, 1.54) is 29.2 Å². The van der Waals surface area contributed by atoms with E-state index in [1.807, 2.05) is 0 Å². The van der Waals surface area contributed by atoms with Crippen LogP contribution in [0.1, 0.15) is 34.7 Å². The van der Waals surface area contributed by atoms with Gasteiger partial charge >= 0.3 is 5.97 Å². The molecule has 4 rings (SSSR count). The fourth-order valence-corrected chi connectivity index (χ4v) is 4.60. The Kier molecular flexibility index (Phi) is 4.24. The summed E-state index contributed by atoms with van der Waals surface area (Å²) in [6.07, 6.45) is 1.64. The van der Waals surface area contributed by atoms with Crippen LogP contribution in [0.15, 0.2) is 53.4 Å². The lowest BCUT2D eigenvalue weighted by atomic mass is 10.0. The summed E-state index contributed by atoms with van der Waals surface area (Å²) < 4.78 is 27.4. The zero-order chi connectivity index (χ0) is 19.2. The first kappa shape index (κ1) is 17.7. The maximum Gasteiger partial charge on any atom is 0.312 e. The standard InChI is InChI=1S/C19H18N2O5S/c22-18(21-11-16(19(23)24)15-6-1-2-7-17(15)21)12-4-3-5-14(10-12)27(25,26)20-13-8-9-13/h1-7,10,13,16,20H,8-9,11H2,(H,23,24). The van der Waals surface area contributed by atoms with Gasteiger partial charge < -0.3 is 10.0 Å². The van der Waals surface area contributed by atoms with Crippen molar-refractivity contribution >= 4 is 27.6 Å². The molecule has 27 heavy (non-hydrogen) atoms. The molecule has 1 aliphatic heterocycles. The molecule has 0 saturated heterocycles. The highest BCUT2D eigenvalue weighted by Crippen LogP contribution is 2.37. The predicted octanol–water partition coefficient (Wildman–Crippen LogP) is 1.96. The van der Waals surface area contributed by atoms with Gasteiger partial charge in [-0.15, -0.1) is 0 Å². The van der Waals surface area contributed by atoms with Crippen molar-refractivity contribution in [3.63, 3.8) is 0 Å². The lowest BCUT2D eigenvalue weighted by Crippen LogP contribution is -2.31. The molecular weight excluding hydrogens is 368 g/mol. The minimum absolute atomic E-state index is 0.0187. The Morgan fingerprint density at radius 3 is 2.52 bits per heavy atom. The second kappa shape index (κ2) is 6.47. The largest absolute Gasteiger partial charge is 0.481 e. The van der Waals surface area contributed by atoms with Gasteiger partial charge in [0.05, 0.1) is 4.90 Å². The highest BCUT2D eigenvalue weighted by atomic mass is 32.2. The Bertz CT molecular complexity index is 1030. The Morgan fingerprint density at radius 2 is 1.81 bits per heavy atom. The number of anilines is 1. The van der Waals surface area contributed by atoms with Crippen molar-refractivity contribution in [2.24, 2.45) is 0 Å². The summed E-state index contributed by atoms with van der Waals surface area (Å²) in [6.45, 7) is 0.0187. The highest BCUT2D eigenvalue weighted by molar-refractivity contribution is 7.89. The number of hydrogen-bond acceptors (Lipinski definition) is 4.